The molecule has 1 aromatic carbocycles. The number of aliphatic carboxylic acids is 1. The van der Waals surface area contributed by atoms with Crippen molar-refractivity contribution in [2.24, 2.45) is 5.92 Å². The summed E-state index contributed by atoms with van der Waals surface area (Å²) in [5, 5.41) is 15.8. The predicted molar refractivity (Wildman–Crippen MR) is 133 cm³/mol. The molecule has 9 nitrogen and oxygen atoms in total. The van der Waals surface area contributed by atoms with Gasteiger partial charge in [-0.2, -0.15) is 0 Å². The van der Waals surface area contributed by atoms with E-state index in [0.717, 1.165) is 38.8 Å². The van der Waals surface area contributed by atoms with Crippen molar-refractivity contribution >= 4 is 48.3 Å². The van der Waals surface area contributed by atoms with E-state index in [1.54, 1.807) is 31.2 Å². The Hall–Kier alpha value is -2.07. The fourth-order valence-electron chi connectivity index (χ4n) is 4.31. The third-order valence-electron chi connectivity index (χ3n) is 5.96. The quantitative estimate of drug-likeness (QED) is 0.403. The molecule has 2 aliphatic heterocycles. The number of para-hydroxylation sites is 2. The van der Waals surface area contributed by atoms with Crippen LogP contribution in [0.15, 0.2) is 24.3 Å². The molecule has 1 fully saturated rings. The maximum atomic E-state index is 13.2. The van der Waals surface area contributed by atoms with E-state index in [9.17, 15) is 19.5 Å². The maximum absolute atomic E-state index is 13.2. The van der Waals surface area contributed by atoms with Crippen LogP contribution < -0.4 is 20.3 Å². The number of hydrogen-bond donors (Lipinski definition) is 3. The van der Waals surface area contributed by atoms with Gasteiger partial charge < -0.3 is 19.9 Å². The van der Waals surface area contributed by atoms with E-state index in [1.807, 2.05) is 0 Å². The number of carbonyl (C=O) groups excluding carboxylic acids is 2. The summed E-state index contributed by atoms with van der Waals surface area (Å²) < 4.78 is 11.0. The van der Waals surface area contributed by atoms with Crippen LogP contribution in [0.25, 0.3) is 0 Å². The highest BCUT2D eigenvalue weighted by molar-refractivity contribution is 6.02. The number of halogens is 2. The van der Waals surface area contributed by atoms with Crippen LogP contribution in [0.2, 0.25) is 0 Å². The number of benzene rings is 1. The zero-order valence-corrected chi connectivity index (χ0v) is 21.0. The minimum absolute atomic E-state index is 0. The third kappa shape index (κ3) is 8.30. The largest absolute Gasteiger partial charge is 0.489 e. The van der Waals surface area contributed by atoms with Gasteiger partial charge in [-0.05, 0) is 57.3 Å². The summed E-state index contributed by atoms with van der Waals surface area (Å²) in [5.41, 5.74) is 0.405. The molecule has 0 bridgehead atoms. The first-order valence-electron chi connectivity index (χ1n) is 11.4. The van der Waals surface area contributed by atoms with Crippen LogP contribution in [0.3, 0.4) is 0 Å². The first kappa shape index (κ1) is 30.0. The van der Waals surface area contributed by atoms with E-state index in [4.69, 9.17) is 9.47 Å². The highest BCUT2D eigenvalue weighted by atomic mass is 35.5. The lowest BCUT2D eigenvalue weighted by atomic mass is 9.91. The van der Waals surface area contributed by atoms with Crippen LogP contribution in [0.5, 0.6) is 5.75 Å². The molecular weight excluding hydrogens is 485 g/mol. The Morgan fingerprint density at radius 3 is 2.65 bits per heavy atom. The summed E-state index contributed by atoms with van der Waals surface area (Å²) in [6.45, 7) is 3.55. The lowest BCUT2D eigenvalue weighted by molar-refractivity contribution is -0.146. The Kier molecular flexibility index (Phi) is 13.2. The molecule has 11 heteroatoms. The second-order valence-electron chi connectivity index (χ2n) is 8.25. The van der Waals surface area contributed by atoms with Gasteiger partial charge >= 0.3 is 11.9 Å². The molecule has 3 N–H and O–H groups in total. The molecule has 192 valence electrons. The number of hydrogen-bond acceptors (Lipinski definition) is 7. The molecule has 0 aliphatic carbocycles. The minimum atomic E-state index is -1.13. The number of rotatable bonds is 10. The molecule has 0 radical (unpaired) electrons. The number of anilines is 1. The molecule has 3 rings (SSSR count). The molecular formula is C23H35Cl2N3O6. The molecule has 2 aliphatic rings. The SMILES string of the molecule is CCOC(=O)[C@@H](CCCC1CCNCC1)N[C@H]1COc2ccccc2N(CC(=O)O)C1=O.Cl.Cl. The second kappa shape index (κ2) is 15.0. The van der Waals surface area contributed by atoms with Gasteiger partial charge in [-0.15, -0.1) is 24.8 Å². The fraction of sp³-hybridized carbons (Fsp3) is 0.609. The lowest BCUT2D eigenvalue weighted by Gasteiger charge is -2.27. The number of ether oxygens (including phenoxy) is 2. The molecule has 0 saturated carbocycles. The number of fused-ring (bicyclic) bond motifs is 1. The Bertz CT molecular complexity index is 807. The van der Waals surface area contributed by atoms with Crippen molar-refractivity contribution in [3.63, 3.8) is 0 Å². The van der Waals surface area contributed by atoms with Gasteiger partial charge in [0.05, 0.1) is 12.3 Å². The Morgan fingerprint density at radius 2 is 1.97 bits per heavy atom. The molecule has 0 aromatic heterocycles. The molecule has 0 unspecified atom stereocenters. The number of esters is 1. The van der Waals surface area contributed by atoms with Gasteiger partial charge in [0.2, 0.25) is 5.91 Å². The molecule has 2 heterocycles. The Balaban J connectivity index is 0.00000289. The van der Waals surface area contributed by atoms with Crippen LogP contribution in [-0.2, 0) is 19.1 Å². The third-order valence-corrected chi connectivity index (χ3v) is 5.96. The number of nitrogens with zero attached hydrogens (tertiary/aromatic N) is 1. The zero-order valence-electron chi connectivity index (χ0n) is 19.4. The number of carbonyl (C=O) groups is 3. The van der Waals surface area contributed by atoms with E-state index in [-0.39, 0.29) is 38.0 Å². The van der Waals surface area contributed by atoms with E-state index in [1.165, 1.54) is 4.90 Å². The Labute approximate surface area is 212 Å². The fourth-order valence-corrected chi connectivity index (χ4v) is 4.31. The molecule has 2 atom stereocenters. The number of piperidine rings is 1. The van der Waals surface area contributed by atoms with Gasteiger partial charge in [0, 0.05) is 0 Å². The summed E-state index contributed by atoms with van der Waals surface area (Å²) in [5.74, 6) is -0.896. The maximum Gasteiger partial charge on any atom is 0.323 e. The van der Waals surface area contributed by atoms with Gasteiger partial charge in [0.1, 0.15) is 31.0 Å². The van der Waals surface area contributed by atoms with Crippen LogP contribution in [0.1, 0.15) is 39.0 Å². The summed E-state index contributed by atoms with van der Waals surface area (Å²) in [6.07, 6.45) is 4.66. The molecule has 1 saturated heterocycles. The number of amides is 1. The van der Waals surface area contributed by atoms with E-state index in [0.29, 0.717) is 23.8 Å². The number of carboxylic acids is 1. The Morgan fingerprint density at radius 1 is 1.26 bits per heavy atom. The highest BCUT2D eigenvalue weighted by Crippen LogP contribution is 2.31. The van der Waals surface area contributed by atoms with E-state index >= 15 is 0 Å². The van der Waals surface area contributed by atoms with Crippen LogP contribution >= 0.6 is 24.8 Å². The number of carboxylic acid groups (broad SMARTS) is 1. The average molecular weight is 520 g/mol. The van der Waals surface area contributed by atoms with Crippen molar-refractivity contribution in [1.82, 2.24) is 10.6 Å². The first-order valence-corrected chi connectivity index (χ1v) is 11.4. The van der Waals surface area contributed by atoms with Gasteiger partial charge in [-0.1, -0.05) is 25.0 Å². The van der Waals surface area contributed by atoms with Crippen molar-refractivity contribution in [2.45, 2.75) is 51.1 Å². The molecule has 1 amide bonds. The van der Waals surface area contributed by atoms with Crippen LogP contribution in [0.4, 0.5) is 5.69 Å². The predicted octanol–water partition coefficient (Wildman–Crippen LogP) is 2.40. The van der Waals surface area contributed by atoms with Gasteiger partial charge in [0.15, 0.2) is 0 Å². The van der Waals surface area contributed by atoms with E-state index < -0.39 is 36.5 Å². The average Bonchev–Trinajstić information content (AvgIpc) is 2.91. The first-order chi connectivity index (χ1) is 15.5. The van der Waals surface area contributed by atoms with Crippen molar-refractivity contribution in [3.8, 4) is 5.75 Å². The van der Waals surface area contributed by atoms with Gasteiger partial charge in [-0.25, -0.2) is 0 Å². The molecule has 34 heavy (non-hydrogen) atoms. The minimum Gasteiger partial charge on any atom is -0.489 e. The summed E-state index contributed by atoms with van der Waals surface area (Å²) >= 11 is 0. The topological polar surface area (TPSA) is 117 Å². The zero-order chi connectivity index (χ0) is 22.9. The summed E-state index contributed by atoms with van der Waals surface area (Å²) in [7, 11) is 0. The number of nitrogens with one attached hydrogen (secondary N) is 2. The van der Waals surface area contributed by atoms with Crippen molar-refractivity contribution < 1.29 is 29.0 Å². The van der Waals surface area contributed by atoms with Gasteiger partial charge in [0.25, 0.3) is 0 Å². The smallest absolute Gasteiger partial charge is 0.323 e. The van der Waals surface area contributed by atoms with Crippen molar-refractivity contribution in [3.05, 3.63) is 24.3 Å². The van der Waals surface area contributed by atoms with Crippen LogP contribution in [0, 0.1) is 5.92 Å². The van der Waals surface area contributed by atoms with Crippen molar-refractivity contribution in [2.75, 3.05) is 37.7 Å². The lowest BCUT2D eigenvalue weighted by Crippen LogP contribution is -2.54. The van der Waals surface area contributed by atoms with Crippen molar-refractivity contribution in [1.29, 1.82) is 0 Å². The molecule has 0 spiro atoms. The van der Waals surface area contributed by atoms with Crippen LogP contribution in [-0.4, -0.2) is 67.9 Å². The monoisotopic (exact) mass is 519 g/mol. The highest BCUT2D eigenvalue weighted by Gasteiger charge is 2.35. The van der Waals surface area contributed by atoms with Gasteiger partial charge in [-0.3, -0.25) is 24.6 Å². The standard InChI is InChI=1S/C23H33N3O6.2ClH/c1-2-31-23(30)17(7-5-6-16-10-12-24-13-11-16)25-18-15-32-20-9-4-3-8-19(20)26(22(18)29)14-21(27)28;;/h3-4,8-9,16-18,24-25H,2,5-7,10-15H2,1H3,(H,27,28);2*1H/t17-,18+;;/m1../s1. The summed E-state index contributed by atoms with van der Waals surface area (Å²) in [6, 6.07) is 5.30. The molecule has 1 aromatic rings. The normalized spacial score (nSPS) is 18.9. The second-order valence-corrected chi connectivity index (χ2v) is 8.25. The van der Waals surface area contributed by atoms with E-state index in [2.05, 4.69) is 10.6 Å². The summed E-state index contributed by atoms with van der Waals surface area (Å²) in [4.78, 5) is 38.5.